The molecule has 1 N–H and O–H groups in total. The number of hydrogen-bond acceptors (Lipinski definition) is 6. The monoisotopic (exact) mass is 375 g/mol. The molecule has 0 fully saturated rings. The largest absolute Gasteiger partial charge is 0.497 e. The molecule has 0 unspecified atom stereocenters. The van der Waals surface area contributed by atoms with Crippen LogP contribution in [-0.4, -0.2) is 39.8 Å². The molecule has 0 saturated heterocycles. The zero-order chi connectivity index (χ0) is 19.2. The molecule has 0 saturated carbocycles. The summed E-state index contributed by atoms with van der Waals surface area (Å²) >= 11 is 0. The van der Waals surface area contributed by atoms with Crippen LogP contribution in [-0.2, 0) is 11.3 Å². The number of alkyl halides is 2. The summed E-state index contributed by atoms with van der Waals surface area (Å²) in [5, 5.41) is 14.3. The van der Waals surface area contributed by atoms with Crippen LogP contribution >= 0.6 is 0 Å². The van der Waals surface area contributed by atoms with Crippen molar-refractivity contribution in [2.75, 3.05) is 12.4 Å². The fraction of sp³-hybridized carbons (Fsp3) is 0.176. The summed E-state index contributed by atoms with van der Waals surface area (Å²) < 4.78 is 34.4. The highest BCUT2D eigenvalue weighted by molar-refractivity contribution is 5.92. The van der Waals surface area contributed by atoms with Crippen molar-refractivity contribution in [2.45, 2.75) is 13.2 Å². The molecule has 0 aliphatic carbocycles. The molecule has 2 aromatic carbocycles. The highest BCUT2D eigenvalue weighted by Crippen LogP contribution is 2.25. The number of benzene rings is 2. The van der Waals surface area contributed by atoms with E-state index in [1.54, 1.807) is 37.4 Å². The van der Waals surface area contributed by atoms with Gasteiger partial charge in [0, 0.05) is 5.56 Å². The number of methoxy groups -OCH3 is 1. The van der Waals surface area contributed by atoms with Gasteiger partial charge in [0.05, 0.1) is 12.8 Å². The predicted octanol–water partition coefficient (Wildman–Crippen LogP) is 2.59. The number of nitrogens with one attached hydrogen (secondary N) is 1. The standard InChI is InChI=1S/C17H15F2N5O3/c1-26-12-6-4-5-11(9-12)16-21-23-24(22-16)10-15(25)20-13-7-2-3-8-14(13)27-17(18)19/h2-9,17H,10H2,1H3,(H,20,25). The van der Waals surface area contributed by atoms with E-state index in [0.717, 1.165) is 4.80 Å². The third kappa shape index (κ3) is 4.75. The first-order valence-corrected chi connectivity index (χ1v) is 7.81. The molecule has 8 nitrogen and oxygen atoms in total. The Bertz CT molecular complexity index is 932. The number of carbonyl (C=O) groups excluding carboxylic acids is 1. The van der Waals surface area contributed by atoms with Crippen LogP contribution < -0.4 is 14.8 Å². The van der Waals surface area contributed by atoms with E-state index in [2.05, 4.69) is 25.5 Å². The van der Waals surface area contributed by atoms with Gasteiger partial charge in [-0.3, -0.25) is 4.79 Å². The summed E-state index contributed by atoms with van der Waals surface area (Å²) in [4.78, 5) is 13.3. The highest BCUT2D eigenvalue weighted by Gasteiger charge is 2.14. The smallest absolute Gasteiger partial charge is 0.387 e. The summed E-state index contributed by atoms with van der Waals surface area (Å²) in [6.45, 7) is -3.24. The van der Waals surface area contributed by atoms with Crippen molar-refractivity contribution in [3.8, 4) is 22.9 Å². The Morgan fingerprint density at radius 3 is 2.81 bits per heavy atom. The molecule has 1 heterocycles. The van der Waals surface area contributed by atoms with Crippen LogP contribution in [0.1, 0.15) is 0 Å². The zero-order valence-electron chi connectivity index (χ0n) is 14.2. The maximum Gasteiger partial charge on any atom is 0.387 e. The summed E-state index contributed by atoms with van der Waals surface area (Å²) in [5.41, 5.74) is 0.799. The van der Waals surface area contributed by atoms with E-state index in [9.17, 15) is 13.6 Å². The Kier molecular flexibility index (Phi) is 5.55. The fourth-order valence-corrected chi connectivity index (χ4v) is 2.27. The Labute approximate surface area is 152 Å². The van der Waals surface area contributed by atoms with E-state index >= 15 is 0 Å². The van der Waals surface area contributed by atoms with Crippen LogP contribution in [0, 0.1) is 0 Å². The second-order valence-electron chi connectivity index (χ2n) is 5.30. The lowest BCUT2D eigenvalue weighted by Gasteiger charge is -2.11. The maximum atomic E-state index is 12.4. The van der Waals surface area contributed by atoms with Gasteiger partial charge in [-0.05, 0) is 29.5 Å². The Hall–Kier alpha value is -3.56. The molecule has 1 amide bonds. The third-order valence-electron chi connectivity index (χ3n) is 3.44. The van der Waals surface area contributed by atoms with Gasteiger partial charge in [-0.1, -0.05) is 24.3 Å². The molecule has 0 spiro atoms. The number of aromatic nitrogens is 4. The lowest BCUT2D eigenvalue weighted by Crippen LogP contribution is -2.21. The van der Waals surface area contributed by atoms with Crippen molar-refractivity contribution in [1.82, 2.24) is 20.2 Å². The van der Waals surface area contributed by atoms with Gasteiger partial charge in [0.25, 0.3) is 0 Å². The minimum atomic E-state index is -2.99. The highest BCUT2D eigenvalue weighted by atomic mass is 19.3. The van der Waals surface area contributed by atoms with Crippen molar-refractivity contribution in [1.29, 1.82) is 0 Å². The summed E-state index contributed by atoms with van der Waals surface area (Å²) in [5.74, 6) is 0.305. The maximum absolute atomic E-state index is 12.4. The minimum absolute atomic E-state index is 0.121. The lowest BCUT2D eigenvalue weighted by molar-refractivity contribution is -0.117. The van der Waals surface area contributed by atoms with E-state index in [0.29, 0.717) is 17.1 Å². The van der Waals surface area contributed by atoms with Gasteiger partial charge in [-0.25, -0.2) is 0 Å². The summed E-state index contributed by atoms with van der Waals surface area (Å²) in [7, 11) is 1.54. The van der Waals surface area contributed by atoms with Gasteiger partial charge in [-0.2, -0.15) is 13.6 Å². The number of nitrogens with zero attached hydrogens (tertiary/aromatic N) is 4. The molecular weight excluding hydrogens is 360 g/mol. The Balaban J connectivity index is 1.68. The predicted molar refractivity (Wildman–Crippen MR) is 91.5 cm³/mol. The average molecular weight is 375 g/mol. The average Bonchev–Trinajstić information content (AvgIpc) is 3.11. The van der Waals surface area contributed by atoms with Crippen LogP contribution in [0.2, 0.25) is 0 Å². The SMILES string of the molecule is COc1cccc(-c2nnn(CC(=O)Nc3ccccc3OC(F)F)n2)c1. The van der Waals surface area contributed by atoms with Crippen molar-refractivity contribution < 1.29 is 23.0 Å². The number of rotatable bonds is 7. The number of tetrazole rings is 1. The van der Waals surface area contributed by atoms with Gasteiger partial charge >= 0.3 is 6.61 Å². The molecule has 0 aliphatic rings. The topological polar surface area (TPSA) is 91.2 Å². The number of anilines is 1. The molecule has 0 aliphatic heterocycles. The molecule has 0 radical (unpaired) electrons. The third-order valence-corrected chi connectivity index (χ3v) is 3.44. The lowest BCUT2D eigenvalue weighted by atomic mass is 10.2. The van der Waals surface area contributed by atoms with Crippen LogP contribution in [0.3, 0.4) is 0 Å². The molecule has 3 rings (SSSR count). The number of hydrogen-bond donors (Lipinski definition) is 1. The second-order valence-corrected chi connectivity index (χ2v) is 5.30. The van der Waals surface area contributed by atoms with E-state index in [1.165, 1.54) is 18.2 Å². The zero-order valence-corrected chi connectivity index (χ0v) is 14.2. The van der Waals surface area contributed by atoms with Crippen LogP contribution in [0.25, 0.3) is 11.4 Å². The van der Waals surface area contributed by atoms with Gasteiger partial charge in [0.1, 0.15) is 18.0 Å². The molecule has 140 valence electrons. The first kappa shape index (κ1) is 18.2. The molecule has 1 aromatic heterocycles. The molecule has 3 aromatic rings. The molecule has 10 heteroatoms. The fourth-order valence-electron chi connectivity index (χ4n) is 2.27. The van der Waals surface area contributed by atoms with E-state index < -0.39 is 12.5 Å². The number of carbonyl (C=O) groups is 1. The first-order chi connectivity index (χ1) is 13.0. The normalized spacial score (nSPS) is 10.7. The number of amides is 1. The minimum Gasteiger partial charge on any atom is -0.497 e. The quantitative estimate of drug-likeness (QED) is 0.683. The summed E-state index contributed by atoms with van der Waals surface area (Å²) in [6.07, 6.45) is 0. The Morgan fingerprint density at radius 1 is 1.22 bits per heavy atom. The van der Waals surface area contributed by atoms with Crippen molar-refractivity contribution in [2.24, 2.45) is 0 Å². The van der Waals surface area contributed by atoms with Crippen LogP contribution in [0.15, 0.2) is 48.5 Å². The van der Waals surface area contributed by atoms with Crippen molar-refractivity contribution in [3.63, 3.8) is 0 Å². The van der Waals surface area contributed by atoms with Gasteiger partial charge < -0.3 is 14.8 Å². The molecular formula is C17H15F2N5O3. The molecule has 27 heavy (non-hydrogen) atoms. The van der Waals surface area contributed by atoms with Crippen LogP contribution in [0.5, 0.6) is 11.5 Å². The molecule has 0 bridgehead atoms. The van der Waals surface area contributed by atoms with Crippen LogP contribution in [0.4, 0.5) is 14.5 Å². The first-order valence-electron chi connectivity index (χ1n) is 7.81. The number of halogens is 2. The van der Waals surface area contributed by atoms with E-state index in [-0.39, 0.29) is 18.0 Å². The second kappa shape index (κ2) is 8.21. The number of para-hydroxylation sites is 2. The van der Waals surface area contributed by atoms with Crippen molar-refractivity contribution >= 4 is 11.6 Å². The summed E-state index contributed by atoms with van der Waals surface area (Å²) in [6, 6.07) is 13.0. The van der Waals surface area contributed by atoms with Gasteiger partial charge in [0.15, 0.2) is 0 Å². The van der Waals surface area contributed by atoms with E-state index in [4.69, 9.17) is 4.74 Å². The van der Waals surface area contributed by atoms with Crippen molar-refractivity contribution in [3.05, 3.63) is 48.5 Å². The van der Waals surface area contributed by atoms with Gasteiger partial charge in [-0.15, -0.1) is 10.2 Å². The van der Waals surface area contributed by atoms with Gasteiger partial charge in [0.2, 0.25) is 11.7 Å². The number of ether oxygens (including phenoxy) is 2. The Morgan fingerprint density at radius 2 is 2.04 bits per heavy atom. The molecule has 0 atom stereocenters. The van der Waals surface area contributed by atoms with E-state index in [1.807, 2.05) is 0 Å².